The van der Waals surface area contributed by atoms with Gasteiger partial charge in [0.15, 0.2) is 0 Å². The van der Waals surface area contributed by atoms with Crippen LogP contribution in [0.5, 0.6) is 0 Å². The molecule has 2 aromatic carbocycles. The molecule has 0 bridgehead atoms. The van der Waals surface area contributed by atoms with E-state index >= 15 is 0 Å². The monoisotopic (exact) mass is 482 g/mol. The third-order valence-electron chi connectivity index (χ3n) is 5.95. The minimum absolute atomic E-state index is 0.0926. The number of nitrogens with zero attached hydrogens (tertiary/aromatic N) is 2. The summed E-state index contributed by atoms with van der Waals surface area (Å²) in [6.07, 6.45) is 1.42. The van der Waals surface area contributed by atoms with Gasteiger partial charge in [-0.2, -0.15) is 0 Å². The number of amides is 2. The molecule has 1 unspecified atom stereocenters. The van der Waals surface area contributed by atoms with Crippen LogP contribution in [0.3, 0.4) is 0 Å². The van der Waals surface area contributed by atoms with Crippen LogP contribution in [0, 0.1) is 18.6 Å². The van der Waals surface area contributed by atoms with Gasteiger partial charge in [0, 0.05) is 19.7 Å². The topological polar surface area (TPSA) is 63.0 Å². The van der Waals surface area contributed by atoms with Gasteiger partial charge in [-0.15, -0.1) is 0 Å². The molecule has 1 aliphatic heterocycles. The molecule has 184 valence electrons. The van der Waals surface area contributed by atoms with Crippen LogP contribution >= 0.6 is 0 Å². The fraction of sp³-hybridized carbons (Fsp3) is 0.333. The molecule has 1 aromatic heterocycles. The van der Waals surface area contributed by atoms with E-state index in [1.54, 1.807) is 35.2 Å². The third kappa shape index (κ3) is 6.54. The molecule has 0 aliphatic carbocycles. The summed E-state index contributed by atoms with van der Waals surface area (Å²) in [5.41, 5.74) is 0.638. The second-order valence-electron chi connectivity index (χ2n) is 8.69. The van der Waals surface area contributed by atoms with E-state index in [0.717, 1.165) is 18.4 Å². The van der Waals surface area contributed by atoms with Gasteiger partial charge in [0.2, 0.25) is 5.91 Å². The Morgan fingerprint density at radius 1 is 0.971 bits per heavy atom. The summed E-state index contributed by atoms with van der Waals surface area (Å²) in [6.45, 7) is 2.70. The number of hydrogen-bond donors (Lipinski definition) is 0. The summed E-state index contributed by atoms with van der Waals surface area (Å²) in [5.74, 6) is -0.621. The molecule has 2 amide bonds. The van der Waals surface area contributed by atoms with Gasteiger partial charge in [-0.05, 0) is 61.7 Å². The van der Waals surface area contributed by atoms with Crippen LogP contribution in [-0.4, -0.2) is 47.4 Å². The molecule has 1 fully saturated rings. The van der Waals surface area contributed by atoms with E-state index in [1.165, 1.54) is 35.2 Å². The molecule has 0 saturated carbocycles. The SMILES string of the molecule is Cc1ccc(CN(Cc2ccc(F)cc2)C(=O)CN(CC2CCCO2)C(=O)c2ccccc2F)o1. The van der Waals surface area contributed by atoms with E-state index in [1.807, 2.05) is 6.92 Å². The van der Waals surface area contributed by atoms with Crippen LogP contribution in [0.2, 0.25) is 0 Å². The van der Waals surface area contributed by atoms with Crippen molar-refractivity contribution >= 4 is 11.8 Å². The summed E-state index contributed by atoms with van der Waals surface area (Å²) in [6, 6.07) is 15.2. The van der Waals surface area contributed by atoms with Crippen LogP contribution in [0.1, 0.15) is 40.3 Å². The van der Waals surface area contributed by atoms with Crippen molar-refractivity contribution in [3.05, 3.63) is 94.9 Å². The first kappa shape index (κ1) is 24.6. The van der Waals surface area contributed by atoms with Crippen molar-refractivity contribution < 1.29 is 27.5 Å². The number of carbonyl (C=O) groups is 2. The number of ether oxygens (including phenoxy) is 1. The largest absolute Gasteiger partial charge is 0.464 e. The number of benzene rings is 2. The Balaban J connectivity index is 1.56. The van der Waals surface area contributed by atoms with Crippen molar-refractivity contribution in [3.63, 3.8) is 0 Å². The smallest absolute Gasteiger partial charge is 0.257 e. The van der Waals surface area contributed by atoms with E-state index in [9.17, 15) is 18.4 Å². The van der Waals surface area contributed by atoms with E-state index in [2.05, 4.69) is 0 Å². The molecule has 35 heavy (non-hydrogen) atoms. The summed E-state index contributed by atoms with van der Waals surface area (Å²) in [5, 5.41) is 0. The minimum Gasteiger partial charge on any atom is -0.464 e. The Morgan fingerprint density at radius 2 is 1.74 bits per heavy atom. The zero-order valence-electron chi connectivity index (χ0n) is 19.6. The average molecular weight is 483 g/mol. The van der Waals surface area contributed by atoms with Crippen molar-refractivity contribution in [2.45, 2.75) is 39.0 Å². The molecule has 1 saturated heterocycles. The van der Waals surface area contributed by atoms with E-state index in [0.29, 0.717) is 18.1 Å². The van der Waals surface area contributed by atoms with Gasteiger partial charge in [0.1, 0.15) is 29.7 Å². The molecule has 1 aliphatic rings. The lowest BCUT2D eigenvalue weighted by molar-refractivity contribution is -0.133. The highest BCUT2D eigenvalue weighted by atomic mass is 19.1. The van der Waals surface area contributed by atoms with Gasteiger partial charge in [-0.1, -0.05) is 24.3 Å². The maximum absolute atomic E-state index is 14.4. The molecule has 4 rings (SSSR count). The van der Waals surface area contributed by atoms with Crippen LogP contribution in [0.25, 0.3) is 0 Å². The normalized spacial score (nSPS) is 15.2. The molecule has 8 heteroatoms. The summed E-state index contributed by atoms with van der Waals surface area (Å²) in [7, 11) is 0. The Hall–Kier alpha value is -3.52. The highest BCUT2D eigenvalue weighted by Gasteiger charge is 2.28. The lowest BCUT2D eigenvalue weighted by Gasteiger charge is -2.29. The molecular formula is C27H28F2N2O4. The van der Waals surface area contributed by atoms with E-state index in [-0.39, 0.29) is 49.6 Å². The fourth-order valence-corrected chi connectivity index (χ4v) is 4.12. The Kier molecular flexibility index (Phi) is 7.92. The summed E-state index contributed by atoms with van der Waals surface area (Å²) in [4.78, 5) is 29.7. The highest BCUT2D eigenvalue weighted by Crippen LogP contribution is 2.19. The van der Waals surface area contributed by atoms with Gasteiger partial charge < -0.3 is 19.0 Å². The Labute approximate surface area is 203 Å². The number of furan rings is 1. The Bertz CT molecular complexity index is 1160. The molecule has 0 radical (unpaired) electrons. The van der Waals surface area contributed by atoms with Crippen molar-refractivity contribution in [1.29, 1.82) is 0 Å². The quantitative estimate of drug-likeness (QED) is 0.443. The number of rotatable bonds is 9. The first-order valence-corrected chi connectivity index (χ1v) is 11.6. The molecule has 0 spiro atoms. The van der Waals surface area contributed by atoms with Gasteiger partial charge in [-0.25, -0.2) is 8.78 Å². The lowest BCUT2D eigenvalue weighted by atomic mass is 10.1. The van der Waals surface area contributed by atoms with Gasteiger partial charge in [-0.3, -0.25) is 9.59 Å². The first-order valence-electron chi connectivity index (χ1n) is 11.6. The number of carbonyl (C=O) groups excluding carboxylic acids is 2. The highest BCUT2D eigenvalue weighted by molar-refractivity contribution is 5.96. The predicted octanol–water partition coefficient (Wildman–Crippen LogP) is 4.72. The molecule has 3 aromatic rings. The number of aryl methyl sites for hydroxylation is 1. The maximum Gasteiger partial charge on any atom is 0.257 e. The molecular weight excluding hydrogens is 454 g/mol. The maximum atomic E-state index is 14.4. The molecule has 2 heterocycles. The predicted molar refractivity (Wildman–Crippen MR) is 125 cm³/mol. The minimum atomic E-state index is -0.642. The van der Waals surface area contributed by atoms with Crippen molar-refractivity contribution in [3.8, 4) is 0 Å². The summed E-state index contributed by atoms with van der Waals surface area (Å²) >= 11 is 0. The standard InChI is InChI=1S/C27H28F2N2O4/c1-19-8-13-23(35-19)17-30(15-20-9-11-21(28)12-10-20)26(32)18-31(16-22-5-4-14-34-22)27(33)24-6-2-3-7-25(24)29/h2-3,6-13,22H,4-5,14-18H2,1H3. The van der Waals surface area contributed by atoms with Crippen molar-refractivity contribution in [2.75, 3.05) is 19.7 Å². The van der Waals surface area contributed by atoms with Crippen LogP contribution < -0.4 is 0 Å². The third-order valence-corrected chi connectivity index (χ3v) is 5.95. The zero-order chi connectivity index (χ0) is 24.8. The van der Waals surface area contributed by atoms with Crippen LogP contribution in [0.15, 0.2) is 65.1 Å². The van der Waals surface area contributed by atoms with Crippen molar-refractivity contribution in [2.24, 2.45) is 0 Å². The average Bonchev–Trinajstić information content (AvgIpc) is 3.51. The van der Waals surface area contributed by atoms with Gasteiger partial charge >= 0.3 is 0 Å². The van der Waals surface area contributed by atoms with Crippen molar-refractivity contribution in [1.82, 2.24) is 9.80 Å². The van der Waals surface area contributed by atoms with E-state index in [4.69, 9.17) is 9.15 Å². The fourth-order valence-electron chi connectivity index (χ4n) is 4.12. The Morgan fingerprint density at radius 3 is 2.40 bits per heavy atom. The zero-order valence-corrected chi connectivity index (χ0v) is 19.6. The van der Waals surface area contributed by atoms with E-state index < -0.39 is 11.7 Å². The van der Waals surface area contributed by atoms with Crippen LogP contribution in [0.4, 0.5) is 8.78 Å². The number of halogens is 2. The number of hydrogen-bond acceptors (Lipinski definition) is 4. The first-order chi connectivity index (χ1) is 16.9. The molecule has 1 atom stereocenters. The summed E-state index contributed by atoms with van der Waals surface area (Å²) < 4.78 is 39.1. The molecule has 6 nitrogen and oxygen atoms in total. The second kappa shape index (κ2) is 11.3. The van der Waals surface area contributed by atoms with Gasteiger partial charge in [0.05, 0.1) is 18.2 Å². The lowest BCUT2D eigenvalue weighted by Crippen LogP contribution is -2.45. The van der Waals surface area contributed by atoms with Crippen LogP contribution in [-0.2, 0) is 22.6 Å². The van der Waals surface area contributed by atoms with Gasteiger partial charge in [0.25, 0.3) is 5.91 Å². The second-order valence-corrected chi connectivity index (χ2v) is 8.69. The molecule has 0 N–H and O–H groups in total.